The molecule has 0 N–H and O–H groups in total. The van der Waals surface area contributed by atoms with E-state index in [2.05, 4.69) is 0 Å². The van der Waals surface area contributed by atoms with Gasteiger partial charge in [-0.1, -0.05) is 13.8 Å². The zero-order chi connectivity index (χ0) is 13.1. The van der Waals surface area contributed by atoms with Gasteiger partial charge in [0.05, 0.1) is 12.0 Å². The van der Waals surface area contributed by atoms with Crippen molar-refractivity contribution in [2.24, 2.45) is 0 Å². The summed E-state index contributed by atoms with van der Waals surface area (Å²) in [6.07, 6.45) is 0. The summed E-state index contributed by atoms with van der Waals surface area (Å²) in [6, 6.07) is 4.91. The Labute approximate surface area is 103 Å². The van der Waals surface area contributed by atoms with Crippen LogP contribution in [0, 0.1) is 6.92 Å². The Balaban J connectivity index is 3.20. The van der Waals surface area contributed by atoms with Gasteiger partial charge in [0.2, 0.25) is 10.0 Å². The molecule has 1 aromatic rings. The number of ether oxygens (including phenoxy) is 1. The Kier molecular flexibility index (Phi) is 4.54. The minimum absolute atomic E-state index is 0.319. The van der Waals surface area contributed by atoms with E-state index in [9.17, 15) is 8.42 Å². The molecule has 0 fully saturated rings. The van der Waals surface area contributed by atoms with Crippen LogP contribution in [-0.2, 0) is 10.0 Å². The van der Waals surface area contributed by atoms with Crippen LogP contribution in [0.5, 0.6) is 5.75 Å². The molecule has 1 rings (SSSR count). The normalized spacial score (nSPS) is 11.8. The van der Waals surface area contributed by atoms with Crippen molar-refractivity contribution in [3.05, 3.63) is 23.8 Å². The minimum atomic E-state index is -3.37. The van der Waals surface area contributed by atoms with Gasteiger partial charge < -0.3 is 4.74 Å². The monoisotopic (exact) mass is 257 g/mol. The summed E-state index contributed by atoms with van der Waals surface area (Å²) in [4.78, 5) is 0.319. The van der Waals surface area contributed by atoms with Crippen LogP contribution >= 0.6 is 0 Å². The number of benzene rings is 1. The van der Waals surface area contributed by atoms with Gasteiger partial charge in [0.1, 0.15) is 5.75 Å². The van der Waals surface area contributed by atoms with Crippen molar-refractivity contribution in [1.82, 2.24) is 4.31 Å². The smallest absolute Gasteiger partial charge is 0.243 e. The Hall–Kier alpha value is -1.07. The predicted molar refractivity (Wildman–Crippen MR) is 67.8 cm³/mol. The second kappa shape index (κ2) is 5.51. The molecule has 0 unspecified atom stereocenters. The van der Waals surface area contributed by atoms with E-state index in [4.69, 9.17) is 4.74 Å². The van der Waals surface area contributed by atoms with E-state index >= 15 is 0 Å². The van der Waals surface area contributed by atoms with Crippen molar-refractivity contribution in [2.45, 2.75) is 25.7 Å². The predicted octanol–water partition coefficient (Wildman–Crippen LogP) is 2.03. The van der Waals surface area contributed by atoms with Crippen LogP contribution < -0.4 is 4.74 Å². The molecule has 0 spiro atoms. The van der Waals surface area contributed by atoms with Crippen LogP contribution in [0.4, 0.5) is 0 Å². The molecule has 96 valence electrons. The molecule has 1 aromatic carbocycles. The molecular weight excluding hydrogens is 238 g/mol. The second-order valence-electron chi connectivity index (χ2n) is 3.72. The summed E-state index contributed by atoms with van der Waals surface area (Å²) in [5.41, 5.74) is 0.820. The molecule has 0 saturated heterocycles. The Bertz CT molecular complexity index is 479. The van der Waals surface area contributed by atoms with E-state index in [0.29, 0.717) is 23.7 Å². The minimum Gasteiger partial charge on any atom is -0.496 e. The summed E-state index contributed by atoms with van der Waals surface area (Å²) in [6.45, 7) is 6.45. The molecule has 0 aliphatic heterocycles. The van der Waals surface area contributed by atoms with E-state index in [-0.39, 0.29) is 0 Å². The van der Waals surface area contributed by atoms with Gasteiger partial charge in [0.15, 0.2) is 0 Å². The Morgan fingerprint density at radius 3 is 2.24 bits per heavy atom. The van der Waals surface area contributed by atoms with Crippen LogP contribution in [0.1, 0.15) is 19.4 Å². The molecule has 0 bridgehead atoms. The fraction of sp³-hybridized carbons (Fsp3) is 0.500. The fourth-order valence-corrected chi connectivity index (χ4v) is 3.27. The third-order valence-electron chi connectivity index (χ3n) is 2.71. The van der Waals surface area contributed by atoms with Crippen LogP contribution in [0.15, 0.2) is 23.1 Å². The average molecular weight is 257 g/mol. The first kappa shape index (κ1) is 14.0. The molecule has 5 heteroatoms. The van der Waals surface area contributed by atoms with E-state index < -0.39 is 10.0 Å². The van der Waals surface area contributed by atoms with Crippen LogP contribution in [-0.4, -0.2) is 32.9 Å². The molecule has 0 aliphatic rings. The molecule has 4 nitrogen and oxygen atoms in total. The third-order valence-corrected chi connectivity index (χ3v) is 4.76. The Morgan fingerprint density at radius 1 is 1.24 bits per heavy atom. The van der Waals surface area contributed by atoms with Gasteiger partial charge in [-0.05, 0) is 30.7 Å². The lowest BCUT2D eigenvalue weighted by Gasteiger charge is -2.19. The molecule has 0 amide bonds. The summed E-state index contributed by atoms with van der Waals surface area (Å²) < 4.78 is 31.0. The van der Waals surface area contributed by atoms with Crippen molar-refractivity contribution >= 4 is 10.0 Å². The topological polar surface area (TPSA) is 46.6 Å². The molecule has 0 heterocycles. The lowest BCUT2D eigenvalue weighted by atomic mass is 10.2. The molecule has 0 aromatic heterocycles. The third kappa shape index (κ3) is 2.79. The molecular formula is C12H19NO3S. The van der Waals surface area contributed by atoms with E-state index in [1.54, 1.807) is 25.3 Å². The van der Waals surface area contributed by atoms with E-state index in [1.807, 2.05) is 20.8 Å². The number of hydrogen-bond acceptors (Lipinski definition) is 3. The van der Waals surface area contributed by atoms with Gasteiger partial charge in [-0.2, -0.15) is 4.31 Å². The number of rotatable bonds is 5. The SMILES string of the molecule is CCN(CC)S(=O)(=O)c1ccc(OC)c(C)c1. The maximum absolute atomic E-state index is 12.2. The quantitative estimate of drug-likeness (QED) is 0.811. The molecule has 0 radical (unpaired) electrons. The highest BCUT2D eigenvalue weighted by atomic mass is 32.2. The second-order valence-corrected chi connectivity index (χ2v) is 5.66. The molecule has 0 atom stereocenters. The van der Waals surface area contributed by atoms with Crippen LogP contribution in [0.3, 0.4) is 0 Å². The van der Waals surface area contributed by atoms with Gasteiger partial charge >= 0.3 is 0 Å². The standard InChI is InChI=1S/C12H19NO3S/c1-5-13(6-2)17(14,15)11-7-8-12(16-4)10(3)9-11/h7-9H,5-6H2,1-4H3. The van der Waals surface area contributed by atoms with Crippen molar-refractivity contribution < 1.29 is 13.2 Å². The first-order valence-electron chi connectivity index (χ1n) is 5.62. The lowest BCUT2D eigenvalue weighted by molar-refractivity contribution is 0.411. The van der Waals surface area contributed by atoms with Gasteiger partial charge in [0, 0.05) is 13.1 Å². The fourth-order valence-electron chi connectivity index (χ4n) is 1.72. The van der Waals surface area contributed by atoms with Gasteiger partial charge in [0.25, 0.3) is 0 Å². The zero-order valence-corrected chi connectivity index (χ0v) is 11.5. The largest absolute Gasteiger partial charge is 0.496 e. The maximum atomic E-state index is 12.2. The summed E-state index contributed by atoms with van der Waals surface area (Å²) in [7, 11) is -1.80. The van der Waals surface area contributed by atoms with Crippen molar-refractivity contribution in [1.29, 1.82) is 0 Å². The van der Waals surface area contributed by atoms with Gasteiger partial charge in [-0.25, -0.2) is 8.42 Å². The number of sulfonamides is 1. The number of methoxy groups -OCH3 is 1. The van der Waals surface area contributed by atoms with Gasteiger partial charge in [-0.15, -0.1) is 0 Å². The Morgan fingerprint density at radius 2 is 1.82 bits per heavy atom. The van der Waals surface area contributed by atoms with Crippen molar-refractivity contribution in [3.63, 3.8) is 0 Å². The maximum Gasteiger partial charge on any atom is 0.243 e. The van der Waals surface area contributed by atoms with Crippen molar-refractivity contribution in [2.75, 3.05) is 20.2 Å². The number of nitrogens with zero attached hydrogens (tertiary/aromatic N) is 1. The summed E-state index contributed by atoms with van der Waals surface area (Å²) in [5, 5.41) is 0. The number of aryl methyl sites for hydroxylation is 1. The van der Waals surface area contributed by atoms with Crippen LogP contribution in [0.25, 0.3) is 0 Å². The lowest BCUT2D eigenvalue weighted by Crippen LogP contribution is -2.30. The zero-order valence-electron chi connectivity index (χ0n) is 10.7. The summed E-state index contributed by atoms with van der Waals surface area (Å²) >= 11 is 0. The molecule has 0 saturated carbocycles. The average Bonchev–Trinajstić information content (AvgIpc) is 2.30. The highest BCUT2D eigenvalue weighted by Gasteiger charge is 2.21. The first-order valence-corrected chi connectivity index (χ1v) is 7.06. The van der Waals surface area contributed by atoms with Crippen LogP contribution in [0.2, 0.25) is 0 Å². The van der Waals surface area contributed by atoms with Gasteiger partial charge in [-0.3, -0.25) is 0 Å². The first-order chi connectivity index (χ1) is 7.97. The van der Waals surface area contributed by atoms with E-state index in [1.165, 1.54) is 4.31 Å². The van der Waals surface area contributed by atoms with Crippen molar-refractivity contribution in [3.8, 4) is 5.75 Å². The number of hydrogen-bond donors (Lipinski definition) is 0. The highest BCUT2D eigenvalue weighted by Crippen LogP contribution is 2.23. The highest BCUT2D eigenvalue weighted by molar-refractivity contribution is 7.89. The van der Waals surface area contributed by atoms with E-state index in [0.717, 1.165) is 5.56 Å². The summed E-state index contributed by atoms with van der Waals surface area (Å²) in [5.74, 6) is 0.698. The molecule has 17 heavy (non-hydrogen) atoms. The molecule has 0 aliphatic carbocycles.